The van der Waals surface area contributed by atoms with Crippen molar-refractivity contribution >= 4 is 0 Å². The molecule has 1 saturated heterocycles. The van der Waals surface area contributed by atoms with Crippen molar-refractivity contribution in [2.45, 2.75) is 38.2 Å². The SMILES string of the molecule is Cc1cccc(CC2(O)CCCN(C)CC2)c1. The minimum absolute atomic E-state index is 0.501. The minimum Gasteiger partial charge on any atom is -0.389 e. The Morgan fingerprint density at radius 1 is 1.29 bits per heavy atom. The van der Waals surface area contributed by atoms with Gasteiger partial charge in [0.1, 0.15) is 0 Å². The third-order valence-corrected chi connectivity index (χ3v) is 3.76. The first-order valence-corrected chi connectivity index (χ1v) is 6.54. The molecule has 1 aromatic carbocycles. The first kappa shape index (κ1) is 12.6. The monoisotopic (exact) mass is 233 g/mol. The van der Waals surface area contributed by atoms with Gasteiger partial charge < -0.3 is 10.0 Å². The second-order valence-corrected chi connectivity index (χ2v) is 5.55. The first-order chi connectivity index (χ1) is 8.07. The number of aryl methyl sites for hydroxylation is 1. The van der Waals surface area contributed by atoms with Crippen molar-refractivity contribution in [1.82, 2.24) is 4.90 Å². The summed E-state index contributed by atoms with van der Waals surface area (Å²) in [5.74, 6) is 0. The van der Waals surface area contributed by atoms with Gasteiger partial charge in [-0.05, 0) is 45.3 Å². The average Bonchev–Trinajstić information content (AvgIpc) is 2.41. The van der Waals surface area contributed by atoms with E-state index in [9.17, 15) is 5.11 Å². The van der Waals surface area contributed by atoms with E-state index in [0.717, 1.165) is 38.8 Å². The summed E-state index contributed by atoms with van der Waals surface area (Å²) in [4.78, 5) is 2.31. The summed E-state index contributed by atoms with van der Waals surface area (Å²) >= 11 is 0. The van der Waals surface area contributed by atoms with Crippen molar-refractivity contribution < 1.29 is 5.11 Å². The fraction of sp³-hybridized carbons (Fsp3) is 0.600. The Kier molecular flexibility index (Phi) is 3.85. The van der Waals surface area contributed by atoms with Gasteiger partial charge in [-0.1, -0.05) is 29.8 Å². The molecule has 1 fully saturated rings. The lowest BCUT2D eigenvalue weighted by molar-refractivity contribution is 0.0263. The molecule has 1 unspecified atom stereocenters. The van der Waals surface area contributed by atoms with E-state index >= 15 is 0 Å². The summed E-state index contributed by atoms with van der Waals surface area (Å²) in [6, 6.07) is 8.50. The van der Waals surface area contributed by atoms with Crippen LogP contribution in [0.5, 0.6) is 0 Å². The molecule has 2 heteroatoms. The standard InChI is InChI=1S/C15H23NO/c1-13-5-3-6-14(11-13)12-15(17)7-4-9-16(2)10-8-15/h3,5-6,11,17H,4,7-10,12H2,1-2H3. The van der Waals surface area contributed by atoms with Crippen LogP contribution in [0.1, 0.15) is 30.4 Å². The largest absolute Gasteiger partial charge is 0.389 e. The van der Waals surface area contributed by atoms with Crippen LogP contribution < -0.4 is 0 Å². The molecular weight excluding hydrogens is 210 g/mol. The van der Waals surface area contributed by atoms with Gasteiger partial charge in [0.25, 0.3) is 0 Å². The lowest BCUT2D eigenvalue weighted by atomic mass is 9.87. The third kappa shape index (κ3) is 3.55. The first-order valence-electron chi connectivity index (χ1n) is 6.54. The summed E-state index contributed by atoms with van der Waals surface area (Å²) in [5, 5.41) is 10.7. The molecule has 0 saturated carbocycles. The van der Waals surface area contributed by atoms with E-state index in [-0.39, 0.29) is 0 Å². The molecule has 17 heavy (non-hydrogen) atoms. The van der Waals surface area contributed by atoms with Crippen LogP contribution in [0.15, 0.2) is 24.3 Å². The van der Waals surface area contributed by atoms with Gasteiger partial charge in [-0.25, -0.2) is 0 Å². The number of likely N-dealkylation sites (tertiary alicyclic amines) is 1. The number of aliphatic hydroxyl groups is 1. The van der Waals surface area contributed by atoms with E-state index in [2.05, 4.69) is 43.1 Å². The third-order valence-electron chi connectivity index (χ3n) is 3.76. The van der Waals surface area contributed by atoms with E-state index in [1.807, 2.05) is 0 Å². The molecule has 1 atom stereocenters. The number of nitrogens with zero attached hydrogens (tertiary/aromatic N) is 1. The summed E-state index contributed by atoms with van der Waals surface area (Å²) in [5.41, 5.74) is 2.03. The number of benzene rings is 1. The van der Waals surface area contributed by atoms with Crippen LogP contribution in [0.3, 0.4) is 0 Å². The van der Waals surface area contributed by atoms with Gasteiger partial charge in [-0.15, -0.1) is 0 Å². The van der Waals surface area contributed by atoms with Gasteiger partial charge in [0.05, 0.1) is 5.60 Å². The maximum Gasteiger partial charge on any atom is 0.0700 e. The van der Waals surface area contributed by atoms with Crippen LogP contribution in [0.2, 0.25) is 0 Å². The molecule has 1 N–H and O–H groups in total. The van der Waals surface area contributed by atoms with Crippen molar-refractivity contribution in [3.63, 3.8) is 0 Å². The average molecular weight is 233 g/mol. The van der Waals surface area contributed by atoms with Crippen molar-refractivity contribution in [2.75, 3.05) is 20.1 Å². The van der Waals surface area contributed by atoms with E-state index in [0.29, 0.717) is 0 Å². The molecule has 0 bridgehead atoms. The second kappa shape index (κ2) is 5.19. The van der Waals surface area contributed by atoms with Crippen molar-refractivity contribution in [3.8, 4) is 0 Å². The Morgan fingerprint density at radius 3 is 2.88 bits per heavy atom. The second-order valence-electron chi connectivity index (χ2n) is 5.55. The molecule has 94 valence electrons. The molecule has 1 aliphatic heterocycles. The minimum atomic E-state index is -0.501. The Labute approximate surface area is 104 Å². The van der Waals surface area contributed by atoms with E-state index in [1.165, 1.54) is 11.1 Å². The van der Waals surface area contributed by atoms with Gasteiger partial charge >= 0.3 is 0 Å². The maximum absolute atomic E-state index is 10.7. The highest BCUT2D eigenvalue weighted by atomic mass is 16.3. The Balaban J connectivity index is 2.06. The van der Waals surface area contributed by atoms with E-state index in [1.54, 1.807) is 0 Å². The molecule has 1 heterocycles. The molecule has 0 radical (unpaired) electrons. The van der Waals surface area contributed by atoms with Crippen LogP contribution >= 0.6 is 0 Å². The summed E-state index contributed by atoms with van der Waals surface area (Å²) < 4.78 is 0. The van der Waals surface area contributed by atoms with Gasteiger partial charge in [0.15, 0.2) is 0 Å². The highest BCUT2D eigenvalue weighted by Gasteiger charge is 2.29. The zero-order chi connectivity index (χ0) is 12.3. The predicted octanol–water partition coefficient (Wildman–Crippen LogP) is 2.38. The zero-order valence-electron chi connectivity index (χ0n) is 10.9. The molecule has 1 aliphatic rings. The molecule has 1 aromatic rings. The Morgan fingerprint density at radius 2 is 2.12 bits per heavy atom. The van der Waals surface area contributed by atoms with Crippen molar-refractivity contribution in [1.29, 1.82) is 0 Å². The summed E-state index contributed by atoms with van der Waals surface area (Å²) in [7, 11) is 2.14. The van der Waals surface area contributed by atoms with Gasteiger partial charge in [0, 0.05) is 13.0 Å². The fourth-order valence-electron chi connectivity index (χ4n) is 2.69. The summed E-state index contributed by atoms with van der Waals surface area (Å²) in [6.07, 6.45) is 3.70. The van der Waals surface area contributed by atoms with Crippen LogP contribution in [0, 0.1) is 6.92 Å². The fourth-order valence-corrected chi connectivity index (χ4v) is 2.69. The van der Waals surface area contributed by atoms with Crippen LogP contribution in [0.25, 0.3) is 0 Å². The summed E-state index contributed by atoms with van der Waals surface area (Å²) in [6.45, 7) is 4.22. The smallest absolute Gasteiger partial charge is 0.0700 e. The maximum atomic E-state index is 10.7. The van der Waals surface area contributed by atoms with Crippen molar-refractivity contribution in [2.24, 2.45) is 0 Å². The topological polar surface area (TPSA) is 23.5 Å². The number of rotatable bonds is 2. The van der Waals surface area contributed by atoms with Crippen LogP contribution in [-0.2, 0) is 6.42 Å². The molecule has 0 spiro atoms. The normalized spacial score (nSPS) is 26.8. The van der Waals surface area contributed by atoms with Crippen LogP contribution in [0.4, 0.5) is 0 Å². The molecule has 0 aliphatic carbocycles. The zero-order valence-corrected chi connectivity index (χ0v) is 10.9. The highest BCUT2D eigenvalue weighted by Crippen LogP contribution is 2.26. The molecule has 0 aromatic heterocycles. The van der Waals surface area contributed by atoms with E-state index in [4.69, 9.17) is 0 Å². The highest BCUT2D eigenvalue weighted by molar-refractivity contribution is 5.23. The molecule has 0 amide bonds. The lowest BCUT2D eigenvalue weighted by Crippen LogP contribution is -2.32. The molecule has 2 nitrogen and oxygen atoms in total. The molecular formula is C15H23NO. The number of hydrogen-bond donors (Lipinski definition) is 1. The Hall–Kier alpha value is -0.860. The van der Waals surface area contributed by atoms with E-state index < -0.39 is 5.60 Å². The van der Waals surface area contributed by atoms with Crippen molar-refractivity contribution in [3.05, 3.63) is 35.4 Å². The van der Waals surface area contributed by atoms with Gasteiger partial charge in [-0.3, -0.25) is 0 Å². The van der Waals surface area contributed by atoms with Gasteiger partial charge in [0.2, 0.25) is 0 Å². The Bertz CT molecular complexity index is 377. The van der Waals surface area contributed by atoms with Gasteiger partial charge in [-0.2, -0.15) is 0 Å². The quantitative estimate of drug-likeness (QED) is 0.848. The lowest BCUT2D eigenvalue weighted by Gasteiger charge is -2.27. The molecule has 2 rings (SSSR count). The predicted molar refractivity (Wildman–Crippen MR) is 71.2 cm³/mol. The number of hydrogen-bond acceptors (Lipinski definition) is 2. The van der Waals surface area contributed by atoms with Crippen LogP contribution in [-0.4, -0.2) is 35.7 Å².